The number of ketones is 1. The molecule has 2 radical (unpaired) electrons. The van der Waals surface area contributed by atoms with E-state index in [1.54, 1.807) is 12.1 Å². The van der Waals surface area contributed by atoms with Crippen molar-refractivity contribution in [2.24, 2.45) is 0 Å². The summed E-state index contributed by atoms with van der Waals surface area (Å²) in [7, 11) is 5.45. The maximum atomic E-state index is 11.1. The molecule has 3 nitrogen and oxygen atoms in total. The minimum absolute atomic E-state index is 0.361. The summed E-state index contributed by atoms with van der Waals surface area (Å²) in [5.74, 6) is -1.10. The number of benzene rings is 1. The van der Waals surface area contributed by atoms with Crippen LogP contribution in [0.5, 0.6) is 0 Å². The average molecular weight is 157 g/mol. The number of anilines is 1. The zero-order valence-electron chi connectivity index (χ0n) is 6.13. The van der Waals surface area contributed by atoms with Gasteiger partial charge in [0.2, 0.25) is 0 Å². The van der Waals surface area contributed by atoms with Crippen LogP contribution in [-0.2, 0) is 4.79 Å². The highest BCUT2D eigenvalue weighted by atomic mass is 16.2. The maximum Gasteiger partial charge on any atom is 0.296 e. The van der Waals surface area contributed by atoms with Crippen LogP contribution in [0.15, 0.2) is 18.2 Å². The molecule has 1 aliphatic rings. The molecule has 1 aromatic rings. The molecule has 2 rings (SSSR count). The van der Waals surface area contributed by atoms with Crippen molar-refractivity contribution in [1.82, 2.24) is 0 Å². The van der Waals surface area contributed by atoms with Crippen LogP contribution in [-0.4, -0.2) is 19.5 Å². The van der Waals surface area contributed by atoms with Crippen molar-refractivity contribution < 1.29 is 9.59 Å². The van der Waals surface area contributed by atoms with Gasteiger partial charge in [0.15, 0.2) is 0 Å². The van der Waals surface area contributed by atoms with Crippen LogP contribution in [0.3, 0.4) is 0 Å². The Morgan fingerprint density at radius 1 is 1.25 bits per heavy atom. The molecule has 0 fully saturated rings. The summed E-state index contributed by atoms with van der Waals surface area (Å²) in [4.78, 5) is 21.9. The Morgan fingerprint density at radius 3 is 2.75 bits per heavy atom. The Hall–Kier alpha value is -1.58. The van der Waals surface area contributed by atoms with Crippen LogP contribution < -0.4 is 10.8 Å². The highest BCUT2D eigenvalue weighted by molar-refractivity contribution is 6.52. The van der Waals surface area contributed by atoms with Crippen molar-refractivity contribution in [3.05, 3.63) is 23.8 Å². The molecule has 0 atom stereocenters. The van der Waals surface area contributed by atoms with Crippen LogP contribution in [0.25, 0.3) is 0 Å². The fourth-order valence-corrected chi connectivity index (χ4v) is 1.16. The molecular formula is C8H4BNO2. The van der Waals surface area contributed by atoms with E-state index in [2.05, 4.69) is 5.32 Å². The highest BCUT2D eigenvalue weighted by Gasteiger charge is 2.27. The van der Waals surface area contributed by atoms with Crippen molar-refractivity contribution in [3.8, 4) is 0 Å². The van der Waals surface area contributed by atoms with Gasteiger partial charge in [-0.05, 0) is 6.07 Å². The van der Waals surface area contributed by atoms with E-state index in [1.165, 1.54) is 6.07 Å². The van der Waals surface area contributed by atoms with Crippen molar-refractivity contribution in [3.63, 3.8) is 0 Å². The first-order valence-corrected chi connectivity index (χ1v) is 3.43. The van der Waals surface area contributed by atoms with Gasteiger partial charge in [-0.15, -0.1) is 0 Å². The monoisotopic (exact) mass is 157 g/mol. The molecule has 0 aliphatic carbocycles. The predicted octanol–water partition coefficient (Wildman–Crippen LogP) is -0.385. The predicted molar refractivity (Wildman–Crippen MR) is 44.8 cm³/mol. The molecule has 1 N–H and O–H groups in total. The minimum atomic E-state index is -0.587. The average Bonchev–Trinajstić information content (AvgIpc) is 2.31. The summed E-state index contributed by atoms with van der Waals surface area (Å²) in [5.41, 5.74) is 1.39. The number of hydrogen-bond donors (Lipinski definition) is 1. The van der Waals surface area contributed by atoms with Gasteiger partial charge in [-0.2, -0.15) is 0 Å². The number of rotatable bonds is 0. The molecule has 0 saturated carbocycles. The second-order valence-electron chi connectivity index (χ2n) is 2.59. The summed E-state index contributed by atoms with van der Waals surface area (Å²) in [6.07, 6.45) is 0. The van der Waals surface area contributed by atoms with Crippen molar-refractivity contribution in [2.75, 3.05) is 5.32 Å². The van der Waals surface area contributed by atoms with Gasteiger partial charge in [-0.25, -0.2) is 0 Å². The molecule has 1 amide bonds. The number of carbonyl (C=O) groups is 2. The first-order valence-electron chi connectivity index (χ1n) is 3.43. The standard InChI is InChI=1S/C8H4BNO2/c9-4-1-2-6-5(3-4)7(11)8(12)10-6/h1-3H,(H,10,11,12). The molecule has 56 valence electrons. The van der Waals surface area contributed by atoms with Crippen LogP contribution in [0.4, 0.5) is 5.69 Å². The lowest BCUT2D eigenvalue weighted by Crippen LogP contribution is -2.12. The van der Waals surface area contributed by atoms with Gasteiger partial charge in [0.25, 0.3) is 11.7 Å². The Balaban J connectivity index is 2.63. The first-order chi connectivity index (χ1) is 5.68. The fourth-order valence-electron chi connectivity index (χ4n) is 1.16. The molecule has 0 aromatic heterocycles. The van der Waals surface area contributed by atoms with Crippen molar-refractivity contribution in [2.45, 2.75) is 0 Å². The molecular weight excluding hydrogens is 153 g/mol. The first kappa shape index (κ1) is 7.09. The topological polar surface area (TPSA) is 46.2 Å². The van der Waals surface area contributed by atoms with E-state index in [4.69, 9.17) is 7.85 Å². The number of Topliss-reactive ketones (excluding diaryl/α,β-unsaturated/α-hetero) is 1. The second-order valence-corrected chi connectivity index (χ2v) is 2.59. The molecule has 0 saturated heterocycles. The lowest BCUT2D eigenvalue weighted by atomic mass is 9.93. The third kappa shape index (κ3) is 0.846. The van der Waals surface area contributed by atoms with E-state index in [0.717, 1.165) is 0 Å². The molecule has 1 aliphatic heterocycles. The number of amides is 1. The van der Waals surface area contributed by atoms with Gasteiger partial charge < -0.3 is 5.32 Å². The Kier molecular flexibility index (Phi) is 1.30. The van der Waals surface area contributed by atoms with E-state index < -0.39 is 11.7 Å². The number of nitrogens with one attached hydrogen (secondary N) is 1. The molecule has 0 bridgehead atoms. The molecule has 0 spiro atoms. The SMILES string of the molecule is [B]c1ccc2c(c1)C(=O)C(=O)N2. The summed E-state index contributed by atoms with van der Waals surface area (Å²) < 4.78 is 0. The Labute approximate surface area is 70.2 Å². The van der Waals surface area contributed by atoms with Crippen LogP contribution >= 0.6 is 0 Å². The van der Waals surface area contributed by atoms with Gasteiger partial charge in [-0.1, -0.05) is 17.6 Å². The van der Waals surface area contributed by atoms with Crippen molar-refractivity contribution in [1.29, 1.82) is 0 Å². The lowest BCUT2D eigenvalue weighted by molar-refractivity contribution is -0.112. The summed E-state index contributed by atoms with van der Waals surface area (Å²) >= 11 is 0. The largest absolute Gasteiger partial charge is 0.318 e. The second kappa shape index (κ2) is 2.20. The molecule has 1 aromatic carbocycles. The fraction of sp³-hybridized carbons (Fsp3) is 0. The Bertz CT molecular complexity index is 387. The van der Waals surface area contributed by atoms with Gasteiger partial charge in [0, 0.05) is 0 Å². The van der Waals surface area contributed by atoms with E-state index in [-0.39, 0.29) is 0 Å². The zero-order chi connectivity index (χ0) is 8.72. The van der Waals surface area contributed by atoms with E-state index in [9.17, 15) is 9.59 Å². The van der Waals surface area contributed by atoms with E-state index in [1.807, 2.05) is 0 Å². The van der Waals surface area contributed by atoms with Crippen LogP contribution in [0.2, 0.25) is 0 Å². The van der Waals surface area contributed by atoms with E-state index in [0.29, 0.717) is 16.7 Å². The Morgan fingerprint density at radius 2 is 2.00 bits per heavy atom. The normalized spacial score (nSPS) is 14.3. The summed E-state index contributed by atoms with van der Waals surface area (Å²) in [5, 5.41) is 2.43. The lowest BCUT2D eigenvalue weighted by Gasteiger charge is -1.96. The van der Waals surface area contributed by atoms with Crippen molar-refractivity contribution >= 4 is 30.7 Å². The summed E-state index contributed by atoms with van der Waals surface area (Å²) in [6.45, 7) is 0. The number of fused-ring (bicyclic) bond motifs is 1. The van der Waals surface area contributed by atoms with Gasteiger partial charge in [0.1, 0.15) is 7.85 Å². The van der Waals surface area contributed by atoms with Crippen LogP contribution in [0.1, 0.15) is 10.4 Å². The third-order valence-corrected chi connectivity index (χ3v) is 1.74. The zero-order valence-corrected chi connectivity index (χ0v) is 6.13. The molecule has 0 unspecified atom stereocenters. The third-order valence-electron chi connectivity index (χ3n) is 1.74. The van der Waals surface area contributed by atoms with E-state index >= 15 is 0 Å². The van der Waals surface area contributed by atoms with Crippen LogP contribution in [0, 0.1) is 0 Å². The minimum Gasteiger partial charge on any atom is -0.318 e. The van der Waals surface area contributed by atoms with Gasteiger partial charge in [-0.3, -0.25) is 9.59 Å². The van der Waals surface area contributed by atoms with Gasteiger partial charge in [0.05, 0.1) is 11.3 Å². The smallest absolute Gasteiger partial charge is 0.296 e. The molecule has 4 heteroatoms. The number of hydrogen-bond acceptors (Lipinski definition) is 2. The highest BCUT2D eigenvalue weighted by Crippen LogP contribution is 2.20. The van der Waals surface area contributed by atoms with Gasteiger partial charge >= 0.3 is 0 Å². The number of carbonyl (C=O) groups excluding carboxylic acids is 2. The maximum absolute atomic E-state index is 11.1. The quantitative estimate of drug-likeness (QED) is 0.412. The molecule has 1 heterocycles. The molecule has 12 heavy (non-hydrogen) atoms. The summed E-state index contributed by atoms with van der Waals surface area (Å²) in [6, 6.07) is 4.75.